The summed E-state index contributed by atoms with van der Waals surface area (Å²) in [5.74, 6) is -6.04. The van der Waals surface area contributed by atoms with Gasteiger partial charge < -0.3 is 39.5 Å². The lowest BCUT2D eigenvalue weighted by molar-refractivity contribution is -0.172. The van der Waals surface area contributed by atoms with Crippen molar-refractivity contribution >= 4 is 47.9 Å². The average molecular weight is 968 g/mol. The Morgan fingerprint density at radius 3 is 1.14 bits per heavy atom. The van der Waals surface area contributed by atoms with Gasteiger partial charge in [0, 0.05) is 11.8 Å². The molecule has 0 saturated carbocycles. The number of esters is 2. The van der Waals surface area contributed by atoms with Gasteiger partial charge in [-0.3, -0.25) is 14.4 Å². The first-order valence-corrected chi connectivity index (χ1v) is 22.8. The molecule has 0 radical (unpaired) electrons. The van der Waals surface area contributed by atoms with Crippen LogP contribution in [0.25, 0.3) is 22.3 Å². The third-order valence-corrected chi connectivity index (χ3v) is 11.4. The monoisotopic (exact) mass is 967 g/mol. The van der Waals surface area contributed by atoms with E-state index >= 15 is 0 Å². The molecule has 2 aliphatic carbocycles. The molecule has 5 aromatic carbocycles. The number of carbonyl (C=O) groups excluding carboxylic acids is 7. The van der Waals surface area contributed by atoms with Crippen LogP contribution in [-0.2, 0) is 43.0 Å². The Kier molecular flexibility index (Phi) is 15.0. The first-order valence-electron chi connectivity index (χ1n) is 22.8. The highest BCUT2D eigenvalue weighted by Gasteiger charge is 2.40. The lowest BCUT2D eigenvalue weighted by Gasteiger charge is -2.24. The lowest BCUT2D eigenvalue weighted by atomic mass is 9.98. The number of aliphatic carboxylic acids is 1. The molecule has 2 atom stereocenters. The molecule has 8 rings (SSSR count). The van der Waals surface area contributed by atoms with Crippen molar-refractivity contribution in [1.29, 1.82) is 0 Å². The Morgan fingerprint density at radius 1 is 0.507 bits per heavy atom. The summed E-state index contributed by atoms with van der Waals surface area (Å²) in [6, 6.07) is 34.7. The van der Waals surface area contributed by atoms with Crippen LogP contribution in [0.15, 0.2) is 121 Å². The molecule has 17 heteroatoms. The standard InChI is InChI=1S/C31H28N2O8.C23H25NO6/c1-31(2,3)40-29(37)25(16-26(34)41-33-27(35)22-14-8-9-15-23(22)28(33)36)32-30(38)39-17-24-20-12-6-4-10-18(20)19-11-5-7-13-21(19)24;1-23(2,3)30-21(27)19(12-20(25)26)24-22(28)29-13-18-16-10-6-4-8-14(16)15-9-5-7-11-17(15)18/h4-15,24-25H,16-17H2,1-3H3,(H,32,38);4-11,18-19H,12-13H2,1-3H3,(H,24,28)(H,25,26)/t25-;19-/m00/s1. The van der Waals surface area contributed by atoms with Gasteiger partial charge in [0.25, 0.3) is 11.8 Å². The number of nitrogens with one attached hydrogen (secondary N) is 2. The fourth-order valence-corrected chi connectivity index (χ4v) is 8.43. The maximum absolute atomic E-state index is 12.9. The Hall–Kier alpha value is -8.34. The number of rotatable bonds is 13. The first-order chi connectivity index (χ1) is 33.7. The number of hydrogen-bond acceptors (Lipinski definition) is 13. The predicted octanol–water partition coefficient (Wildman–Crippen LogP) is 8.09. The highest BCUT2D eigenvalue weighted by Crippen LogP contribution is 2.45. The van der Waals surface area contributed by atoms with E-state index in [-0.39, 0.29) is 36.2 Å². The minimum absolute atomic E-state index is 0.0135. The second kappa shape index (κ2) is 21.1. The van der Waals surface area contributed by atoms with Crippen LogP contribution < -0.4 is 10.6 Å². The maximum Gasteiger partial charge on any atom is 0.407 e. The molecule has 5 aromatic rings. The third kappa shape index (κ3) is 12.1. The summed E-state index contributed by atoms with van der Waals surface area (Å²) in [5.41, 5.74) is 6.88. The van der Waals surface area contributed by atoms with Gasteiger partial charge in [-0.2, -0.15) is 0 Å². The number of carboxylic acids is 1. The van der Waals surface area contributed by atoms with Crippen LogP contribution in [0.1, 0.15) is 109 Å². The normalized spacial score (nSPS) is 14.2. The molecule has 1 aliphatic heterocycles. The molecule has 0 saturated heterocycles. The number of carboxylic acid groups (broad SMARTS) is 1. The van der Waals surface area contributed by atoms with Crippen LogP contribution in [0.2, 0.25) is 0 Å². The molecule has 0 fully saturated rings. The molecule has 368 valence electrons. The molecule has 1 heterocycles. The van der Waals surface area contributed by atoms with E-state index in [4.69, 9.17) is 28.9 Å². The van der Waals surface area contributed by atoms with Crippen LogP contribution in [0.5, 0.6) is 0 Å². The van der Waals surface area contributed by atoms with Crippen LogP contribution in [0.3, 0.4) is 0 Å². The molecule has 71 heavy (non-hydrogen) atoms. The molecule has 4 amide bonds. The summed E-state index contributed by atoms with van der Waals surface area (Å²) in [5, 5.41) is 14.1. The SMILES string of the molecule is CC(C)(C)OC(=O)[C@H](CC(=O)O)NC(=O)OCC1c2ccccc2-c2ccccc21.CC(C)(C)OC(=O)[C@H](CC(=O)ON1C(=O)c2ccccc2C1=O)NC(=O)OCC1c2ccccc2-c2ccccc21. The van der Waals surface area contributed by atoms with Gasteiger partial charge in [-0.1, -0.05) is 114 Å². The minimum atomic E-state index is -1.51. The largest absolute Gasteiger partial charge is 0.481 e. The second-order valence-corrected chi connectivity index (χ2v) is 18.8. The predicted molar refractivity (Wildman–Crippen MR) is 256 cm³/mol. The molecule has 3 aliphatic rings. The maximum atomic E-state index is 12.9. The summed E-state index contributed by atoms with van der Waals surface area (Å²) in [6.45, 7) is 9.93. The lowest BCUT2D eigenvalue weighted by Crippen LogP contribution is -2.46. The number of hydrogen-bond donors (Lipinski definition) is 3. The fraction of sp³-hybridized carbons (Fsp3) is 0.296. The van der Waals surface area contributed by atoms with Gasteiger partial charge in [-0.25, -0.2) is 24.0 Å². The van der Waals surface area contributed by atoms with Crippen molar-refractivity contribution in [3.8, 4) is 22.3 Å². The van der Waals surface area contributed by atoms with Gasteiger partial charge in [-0.15, -0.1) is 0 Å². The quantitative estimate of drug-likeness (QED) is 0.0576. The Balaban J connectivity index is 0.000000219. The topological polar surface area (TPSA) is 230 Å². The molecule has 17 nitrogen and oxygen atoms in total. The zero-order valence-corrected chi connectivity index (χ0v) is 39.9. The molecule has 0 aromatic heterocycles. The first kappa shape index (κ1) is 50.5. The summed E-state index contributed by atoms with van der Waals surface area (Å²) in [4.78, 5) is 104. The van der Waals surface area contributed by atoms with Gasteiger partial charge in [0.05, 0.1) is 24.0 Å². The molecular weight excluding hydrogens is 915 g/mol. The van der Waals surface area contributed by atoms with Crippen LogP contribution in [0, 0.1) is 0 Å². The Labute approximate surface area is 409 Å². The van der Waals surface area contributed by atoms with Gasteiger partial charge in [-0.05, 0) is 98.2 Å². The fourth-order valence-electron chi connectivity index (χ4n) is 8.43. The van der Waals surface area contributed by atoms with E-state index in [0.29, 0.717) is 5.06 Å². The number of alkyl carbamates (subject to hydrolysis) is 2. The number of carbonyl (C=O) groups is 8. The number of benzene rings is 5. The second-order valence-electron chi connectivity index (χ2n) is 18.8. The van der Waals surface area contributed by atoms with Crippen molar-refractivity contribution in [2.75, 3.05) is 13.2 Å². The molecule has 0 unspecified atom stereocenters. The van der Waals surface area contributed by atoms with Gasteiger partial charge in [0.15, 0.2) is 0 Å². The molecule has 0 spiro atoms. The van der Waals surface area contributed by atoms with Crippen molar-refractivity contribution in [3.05, 3.63) is 155 Å². The van der Waals surface area contributed by atoms with Crippen molar-refractivity contribution in [2.45, 2.75) is 89.5 Å². The number of nitrogens with zero attached hydrogens (tertiary/aromatic N) is 1. The average Bonchev–Trinajstić information content (AvgIpc) is 3.90. The van der Waals surface area contributed by atoms with E-state index in [0.717, 1.165) is 44.5 Å². The van der Waals surface area contributed by atoms with E-state index in [2.05, 4.69) is 10.6 Å². The number of imide groups is 1. The van der Waals surface area contributed by atoms with Crippen molar-refractivity contribution in [3.63, 3.8) is 0 Å². The molecule has 0 bridgehead atoms. The van der Waals surface area contributed by atoms with Crippen LogP contribution >= 0.6 is 0 Å². The smallest absolute Gasteiger partial charge is 0.407 e. The minimum Gasteiger partial charge on any atom is -0.481 e. The van der Waals surface area contributed by atoms with Crippen molar-refractivity contribution < 1.29 is 67.2 Å². The number of hydroxylamine groups is 2. The molecule has 3 N–H and O–H groups in total. The number of ether oxygens (including phenoxy) is 4. The van der Waals surface area contributed by atoms with E-state index in [1.807, 2.05) is 97.1 Å². The van der Waals surface area contributed by atoms with Crippen LogP contribution in [0.4, 0.5) is 9.59 Å². The van der Waals surface area contributed by atoms with Gasteiger partial charge >= 0.3 is 36.1 Å². The summed E-state index contributed by atoms with van der Waals surface area (Å²) < 4.78 is 21.5. The Bertz CT molecular complexity index is 2770. The van der Waals surface area contributed by atoms with Crippen molar-refractivity contribution in [2.24, 2.45) is 0 Å². The Morgan fingerprint density at radius 2 is 0.817 bits per heavy atom. The zero-order valence-electron chi connectivity index (χ0n) is 39.9. The van der Waals surface area contributed by atoms with E-state index < -0.39 is 84.0 Å². The number of amides is 4. The molecular formula is C54H53N3O14. The highest BCUT2D eigenvalue weighted by molar-refractivity contribution is 6.21. The summed E-state index contributed by atoms with van der Waals surface area (Å²) in [6.07, 6.45) is -3.13. The van der Waals surface area contributed by atoms with Gasteiger partial charge in [0.1, 0.15) is 36.5 Å². The van der Waals surface area contributed by atoms with Gasteiger partial charge in [0.2, 0.25) is 0 Å². The van der Waals surface area contributed by atoms with E-state index in [1.165, 1.54) is 12.1 Å². The highest BCUT2D eigenvalue weighted by atomic mass is 16.7. The zero-order chi connectivity index (χ0) is 51.2. The van der Waals surface area contributed by atoms with E-state index in [9.17, 15) is 38.4 Å². The summed E-state index contributed by atoms with van der Waals surface area (Å²) in [7, 11) is 0. The number of fused-ring (bicyclic) bond motifs is 7. The van der Waals surface area contributed by atoms with Crippen molar-refractivity contribution in [1.82, 2.24) is 15.7 Å². The van der Waals surface area contributed by atoms with E-state index in [1.54, 1.807) is 53.7 Å². The van der Waals surface area contributed by atoms with Crippen LogP contribution in [-0.4, -0.2) is 94.5 Å². The summed E-state index contributed by atoms with van der Waals surface area (Å²) >= 11 is 0. The third-order valence-electron chi connectivity index (χ3n) is 11.4.